The summed E-state index contributed by atoms with van der Waals surface area (Å²) in [5, 5.41) is 2.02. The first-order chi connectivity index (χ1) is 8.33. The normalized spacial score (nSPS) is 11.6. The van der Waals surface area contributed by atoms with Gasteiger partial charge in [-0.2, -0.15) is 5.48 Å². The van der Waals surface area contributed by atoms with Gasteiger partial charge in [-0.3, -0.25) is 0 Å². The van der Waals surface area contributed by atoms with Crippen LogP contribution in [0.5, 0.6) is 0 Å². The maximum Gasteiger partial charge on any atom is 0.149 e. The molecule has 88 valence electrons. The molecule has 0 unspecified atom stereocenters. The number of furan rings is 2. The van der Waals surface area contributed by atoms with Crippen molar-refractivity contribution >= 4 is 37.9 Å². The molecule has 0 atom stereocenters. The summed E-state index contributed by atoms with van der Waals surface area (Å²) in [4.78, 5) is 4.89. The van der Waals surface area contributed by atoms with Crippen molar-refractivity contribution in [2.75, 3.05) is 7.11 Å². The highest BCUT2D eigenvalue weighted by Crippen LogP contribution is 2.37. The van der Waals surface area contributed by atoms with Crippen LogP contribution in [0.3, 0.4) is 0 Å². The van der Waals surface area contributed by atoms with Crippen molar-refractivity contribution in [1.82, 2.24) is 5.48 Å². The zero-order chi connectivity index (χ0) is 11.8. The van der Waals surface area contributed by atoms with E-state index in [1.807, 2.05) is 12.1 Å². The van der Waals surface area contributed by atoms with Gasteiger partial charge in [0.2, 0.25) is 0 Å². The number of fused-ring (bicyclic) bond motifs is 2. The van der Waals surface area contributed by atoms with Crippen LogP contribution in [0.2, 0.25) is 0 Å². The van der Waals surface area contributed by atoms with Gasteiger partial charge in [-0.15, -0.1) is 0 Å². The molecule has 1 N–H and O–H groups in total. The van der Waals surface area contributed by atoms with Gasteiger partial charge in [0, 0.05) is 16.3 Å². The lowest BCUT2D eigenvalue weighted by atomic mass is 10.1. The van der Waals surface area contributed by atoms with E-state index in [9.17, 15) is 0 Å². The molecule has 0 amide bonds. The molecule has 3 rings (SSSR count). The highest BCUT2D eigenvalue weighted by molar-refractivity contribution is 9.10. The summed E-state index contributed by atoms with van der Waals surface area (Å²) >= 11 is 3.54. The molecule has 1 aromatic carbocycles. The molecule has 4 nitrogen and oxygen atoms in total. The molecule has 2 heterocycles. The molecule has 3 aromatic rings. The average molecular weight is 296 g/mol. The standard InChI is InChI=1S/C12H10BrNO3/c1-15-14-6-9-7-2-4-17-12(7)10(13)8-3-5-16-11(8)9/h2-5,14H,6H2,1H3. The predicted octanol–water partition coefficient (Wildman–Crippen LogP) is 3.59. The van der Waals surface area contributed by atoms with Gasteiger partial charge in [0.1, 0.15) is 11.2 Å². The molecule has 0 saturated carbocycles. The molecule has 0 fully saturated rings. The van der Waals surface area contributed by atoms with Gasteiger partial charge in [0.25, 0.3) is 0 Å². The van der Waals surface area contributed by atoms with E-state index in [2.05, 4.69) is 21.4 Å². The minimum absolute atomic E-state index is 0.559. The molecular weight excluding hydrogens is 286 g/mol. The molecule has 5 heteroatoms. The number of hydroxylamine groups is 1. The quantitative estimate of drug-likeness (QED) is 0.750. The number of hydrogen-bond acceptors (Lipinski definition) is 4. The maximum absolute atomic E-state index is 5.54. The smallest absolute Gasteiger partial charge is 0.149 e. The molecule has 0 aliphatic carbocycles. The molecule has 0 aliphatic rings. The Balaban J connectivity index is 2.35. The van der Waals surface area contributed by atoms with E-state index in [0.29, 0.717) is 6.54 Å². The first kappa shape index (κ1) is 10.8. The van der Waals surface area contributed by atoms with Crippen LogP contribution < -0.4 is 5.48 Å². The van der Waals surface area contributed by atoms with Gasteiger partial charge < -0.3 is 13.7 Å². The molecule has 17 heavy (non-hydrogen) atoms. The molecule has 2 aromatic heterocycles. The Morgan fingerprint density at radius 3 is 2.65 bits per heavy atom. The second-order valence-electron chi connectivity index (χ2n) is 3.64. The van der Waals surface area contributed by atoms with Gasteiger partial charge in [-0.1, -0.05) is 0 Å². The third-order valence-electron chi connectivity index (χ3n) is 2.76. The van der Waals surface area contributed by atoms with Gasteiger partial charge in [0.15, 0.2) is 0 Å². The lowest BCUT2D eigenvalue weighted by molar-refractivity contribution is 0.0871. The lowest BCUT2D eigenvalue weighted by Crippen LogP contribution is -2.11. The monoisotopic (exact) mass is 295 g/mol. The summed E-state index contributed by atoms with van der Waals surface area (Å²) in [5.74, 6) is 0. The van der Waals surface area contributed by atoms with Crippen molar-refractivity contribution < 1.29 is 13.7 Å². The van der Waals surface area contributed by atoms with Gasteiger partial charge in [-0.25, -0.2) is 0 Å². The van der Waals surface area contributed by atoms with Crippen molar-refractivity contribution in [2.45, 2.75) is 6.54 Å². The fourth-order valence-corrected chi connectivity index (χ4v) is 2.62. The number of hydrogen-bond donors (Lipinski definition) is 1. The summed E-state index contributed by atoms with van der Waals surface area (Å²) < 4.78 is 11.9. The predicted molar refractivity (Wildman–Crippen MR) is 67.5 cm³/mol. The maximum atomic E-state index is 5.54. The highest BCUT2D eigenvalue weighted by atomic mass is 79.9. The van der Waals surface area contributed by atoms with Crippen LogP contribution in [0.1, 0.15) is 5.56 Å². The van der Waals surface area contributed by atoms with Crippen LogP contribution in [0.15, 0.2) is 38.0 Å². The summed E-state index contributed by atoms with van der Waals surface area (Å²) in [6, 6.07) is 3.84. The third-order valence-corrected chi connectivity index (χ3v) is 3.55. The first-order valence-electron chi connectivity index (χ1n) is 5.13. The Morgan fingerprint density at radius 2 is 1.88 bits per heavy atom. The molecule has 0 bridgehead atoms. The Kier molecular flexibility index (Phi) is 2.66. The van der Waals surface area contributed by atoms with Gasteiger partial charge in [0.05, 0.1) is 30.7 Å². The van der Waals surface area contributed by atoms with Crippen LogP contribution in [-0.4, -0.2) is 7.11 Å². The zero-order valence-corrected chi connectivity index (χ0v) is 10.7. The Labute approximate surface area is 106 Å². The van der Waals surface area contributed by atoms with Gasteiger partial charge >= 0.3 is 0 Å². The van der Waals surface area contributed by atoms with Crippen LogP contribution >= 0.6 is 15.9 Å². The molecule has 0 radical (unpaired) electrons. The third kappa shape index (κ3) is 1.58. The summed E-state index contributed by atoms with van der Waals surface area (Å²) in [6.07, 6.45) is 3.34. The van der Waals surface area contributed by atoms with Gasteiger partial charge in [-0.05, 0) is 28.1 Å². The van der Waals surface area contributed by atoms with Crippen molar-refractivity contribution in [3.63, 3.8) is 0 Å². The van der Waals surface area contributed by atoms with Crippen LogP contribution in [0.4, 0.5) is 0 Å². The summed E-state index contributed by atoms with van der Waals surface area (Å²) in [7, 11) is 1.59. The van der Waals surface area contributed by atoms with E-state index in [1.54, 1.807) is 19.6 Å². The van der Waals surface area contributed by atoms with Crippen molar-refractivity contribution in [2.24, 2.45) is 0 Å². The van der Waals surface area contributed by atoms with Crippen LogP contribution in [0, 0.1) is 0 Å². The molecule has 0 saturated heterocycles. The number of benzene rings is 1. The lowest BCUT2D eigenvalue weighted by Gasteiger charge is -2.06. The fraction of sp³-hybridized carbons (Fsp3) is 0.167. The van der Waals surface area contributed by atoms with Crippen LogP contribution in [0.25, 0.3) is 21.9 Å². The summed E-state index contributed by atoms with van der Waals surface area (Å²) in [6.45, 7) is 0.559. The summed E-state index contributed by atoms with van der Waals surface area (Å²) in [5.41, 5.74) is 5.53. The largest absolute Gasteiger partial charge is 0.464 e. The van der Waals surface area contributed by atoms with E-state index in [-0.39, 0.29) is 0 Å². The number of nitrogens with one attached hydrogen (secondary N) is 1. The van der Waals surface area contributed by atoms with E-state index in [0.717, 1.165) is 32.0 Å². The van der Waals surface area contributed by atoms with E-state index in [4.69, 9.17) is 13.7 Å². The molecule has 0 aliphatic heterocycles. The van der Waals surface area contributed by atoms with Crippen LogP contribution in [-0.2, 0) is 11.4 Å². The molecular formula is C12H10BrNO3. The Bertz CT molecular complexity index is 619. The minimum atomic E-state index is 0.559. The zero-order valence-electron chi connectivity index (χ0n) is 9.12. The second kappa shape index (κ2) is 4.18. The number of halogens is 1. The fourth-order valence-electron chi connectivity index (χ4n) is 2.00. The number of rotatable bonds is 3. The van der Waals surface area contributed by atoms with Crippen molar-refractivity contribution in [1.29, 1.82) is 0 Å². The topological polar surface area (TPSA) is 47.5 Å². The highest BCUT2D eigenvalue weighted by Gasteiger charge is 2.16. The van der Waals surface area contributed by atoms with E-state index >= 15 is 0 Å². The Morgan fingerprint density at radius 1 is 1.18 bits per heavy atom. The Hall–Kier alpha value is -1.30. The van der Waals surface area contributed by atoms with E-state index in [1.165, 1.54) is 0 Å². The minimum Gasteiger partial charge on any atom is -0.464 e. The average Bonchev–Trinajstić information content (AvgIpc) is 2.97. The molecule has 0 spiro atoms. The van der Waals surface area contributed by atoms with E-state index < -0.39 is 0 Å². The van der Waals surface area contributed by atoms with Crippen molar-refractivity contribution in [3.05, 3.63) is 34.7 Å². The first-order valence-corrected chi connectivity index (χ1v) is 5.93. The SMILES string of the molecule is CONCc1c2ccoc2c(Br)c2ccoc12. The second-order valence-corrected chi connectivity index (χ2v) is 4.44. The van der Waals surface area contributed by atoms with Crippen molar-refractivity contribution in [3.8, 4) is 0 Å².